The molecule has 5 heteroatoms. The summed E-state index contributed by atoms with van der Waals surface area (Å²) >= 11 is 0. The van der Waals surface area contributed by atoms with Gasteiger partial charge in [-0.25, -0.2) is 4.39 Å². The van der Waals surface area contributed by atoms with E-state index in [1.54, 1.807) is 18.2 Å². The van der Waals surface area contributed by atoms with E-state index in [9.17, 15) is 9.18 Å². The van der Waals surface area contributed by atoms with E-state index in [4.69, 9.17) is 4.74 Å². The van der Waals surface area contributed by atoms with Gasteiger partial charge in [0, 0.05) is 6.54 Å². The maximum absolute atomic E-state index is 13.5. The van der Waals surface area contributed by atoms with Crippen molar-refractivity contribution in [2.45, 2.75) is 13.3 Å². The average molecular weight is 330 g/mol. The first-order chi connectivity index (χ1) is 11.6. The van der Waals surface area contributed by atoms with Crippen LogP contribution in [-0.2, 0) is 4.79 Å². The number of aryl methyl sites for hydroxylation is 1. The van der Waals surface area contributed by atoms with E-state index >= 15 is 0 Å². The van der Waals surface area contributed by atoms with Crippen molar-refractivity contribution in [2.75, 3.05) is 32.1 Å². The van der Waals surface area contributed by atoms with E-state index in [0.717, 1.165) is 24.3 Å². The van der Waals surface area contributed by atoms with Gasteiger partial charge in [-0.3, -0.25) is 9.69 Å². The first-order valence-electron chi connectivity index (χ1n) is 7.97. The molecule has 0 unspecified atom stereocenters. The van der Waals surface area contributed by atoms with Crippen LogP contribution < -0.4 is 10.1 Å². The zero-order chi connectivity index (χ0) is 17.4. The molecule has 128 valence electrons. The molecular formula is C19H23FN2O2. The second-order valence-corrected chi connectivity index (χ2v) is 5.73. The number of rotatable bonds is 8. The number of benzene rings is 2. The van der Waals surface area contributed by atoms with E-state index in [2.05, 4.69) is 5.32 Å². The minimum absolute atomic E-state index is 0.207. The molecule has 0 aliphatic carbocycles. The normalized spacial score (nSPS) is 10.7. The van der Waals surface area contributed by atoms with Crippen LogP contribution in [0.15, 0.2) is 48.5 Å². The standard InChI is InChI=1S/C19H23FN2O2/c1-15-8-3-6-11-18(15)24-13-7-12-22(2)14-19(23)21-17-10-5-4-9-16(17)20/h3-6,8-11H,7,12-14H2,1-2H3,(H,21,23). The summed E-state index contributed by atoms with van der Waals surface area (Å²) in [7, 11) is 1.86. The number of carbonyl (C=O) groups excluding carboxylic acids is 1. The molecule has 0 radical (unpaired) electrons. The number of likely N-dealkylation sites (N-methyl/N-ethyl adjacent to an activating group) is 1. The lowest BCUT2D eigenvalue weighted by Gasteiger charge is -2.17. The van der Waals surface area contributed by atoms with Crippen molar-refractivity contribution < 1.29 is 13.9 Å². The summed E-state index contributed by atoms with van der Waals surface area (Å²) in [5.74, 6) is 0.222. The summed E-state index contributed by atoms with van der Waals surface area (Å²) < 4.78 is 19.2. The quantitative estimate of drug-likeness (QED) is 0.754. The van der Waals surface area contributed by atoms with Crippen molar-refractivity contribution in [3.63, 3.8) is 0 Å². The summed E-state index contributed by atoms with van der Waals surface area (Å²) in [5, 5.41) is 2.58. The smallest absolute Gasteiger partial charge is 0.238 e. The molecule has 0 atom stereocenters. The molecule has 1 N–H and O–H groups in total. The molecule has 0 fully saturated rings. The van der Waals surface area contributed by atoms with Crippen molar-refractivity contribution >= 4 is 11.6 Å². The third-order valence-electron chi connectivity index (χ3n) is 3.60. The van der Waals surface area contributed by atoms with Crippen molar-refractivity contribution in [1.29, 1.82) is 0 Å². The van der Waals surface area contributed by atoms with Crippen molar-refractivity contribution in [1.82, 2.24) is 4.90 Å². The zero-order valence-electron chi connectivity index (χ0n) is 14.1. The predicted octanol–water partition coefficient (Wildman–Crippen LogP) is 3.47. The molecule has 0 aliphatic rings. The number of halogens is 1. The lowest BCUT2D eigenvalue weighted by Crippen LogP contribution is -2.31. The van der Waals surface area contributed by atoms with Gasteiger partial charge in [-0.05, 0) is 44.2 Å². The summed E-state index contributed by atoms with van der Waals surface area (Å²) in [6.45, 7) is 3.52. The number of para-hydroxylation sites is 2. The number of hydrogen-bond donors (Lipinski definition) is 1. The van der Waals surface area contributed by atoms with E-state index in [1.807, 2.05) is 43.1 Å². The Kier molecular flexibility index (Phi) is 6.75. The van der Waals surface area contributed by atoms with Crippen molar-refractivity contribution in [3.05, 3.63) is 59.9 Å². The molecule has 0 bridgehead atoms. The highest BCUT2D eigenvalue weighted by Gasteiger charge is 2.09. The van der Waals surface area contributed by atoms with Gasteiger partial charge in [-0.2, -0.15) is 0 Å². The Morgan fingerprint density at radius 3 is 2.62 bits per heavy atom. The van der Waals surface area contributed by atoms with Gasteiger partial charge in [-0.15, -0.1) is 0 Å². The van der Waals surface area contributed by atoms with E-state index in [1.165, 1.54) is 6.07 Å². The van der Waals surface area contributed by atoms with E-state index < -0.39 is 5.82 Å². The Hall–Kier alpha value is -2.40. The van der Waals surface area contributed by atoms with Crippen LogP contribution in [-0.4, -0.2) is 37.6 Å². The first kappa shape index (κ1) is 17.9. The van der Waals surface area contributed by atoms with Crippen LogP contribution in [0.4, 0.5) is 10.1 Å². The summed E-state index contributed by atoms with van der Waals surface area (Å²) in [6, 6.07) is 14.0. The molecule has 0 saturated heterocycles. The molecule has 0 saturated carbocycles. The summed E-state index contributed by atoms with van der Waals surface area (Å²) in [6.07, 6.45) is 0.803. The second kappa shape index (κ2) is 9.03. The number of ether oxygens (including phenoxy) is 1. The third-order valence-corrected chi connectivity index (χ3v) is 3.60. The van der Waals surface area contributed by atoms with Crippen LogP contribution in [0, 0.1) is 12.7 Å². The van der Waals surface area contributed by atoms with E-state index in [-0.39, 0.29) is 18.1 Å². The fourth-order valence-electron chi connectivity index (χ4n) is 2.31. The molecule has 0 aromatic heterocycles. The molecule has 24 heavy (non-hydrogen) atoms. The number of amides is 1. The van der Waals surface area contributed by atoms with Crippen LogP contribution >= 0.6 is 0 Å². The zero-order valence-corrected chi connectivity index (χ0v) is 14.1. The first-order valence-corrected chi connectivity index (χ1v) is 7.97. The number of carbonyl (C=O) groups is 1. The minimum atomic E-state index is -0.430. The van der Waals surface area contributed by atoms with Gasteiger partial charge in [0.25, 0.3) is 0 Å². The van der Waals surface area contributed by atoms with Crippen LogP contribution in [0.25, 0.3) is 0 Å². The van der Waals surface area contributed by atoms with Gasteiger partial charge in [0.05, 0.1) is 18.8 Å². The fourth-order valence-corrected chi connectivity index (χ4v) is 2.31. The lowest BCUT2D eigenvalue weighted by atomic mass is 10.2. The number of nitrogens with zero attached hydrogens (tertiary/aromatic N) is 1. The molecule has 0 spiro atoms. The van der Waals surface area contributed by atoms with Crippen LogP contribution in [0.1, 0.15) is 12.0 Å². The number of anilines is 1. The predicted molar refractivity (Wildman–Crippen MR) is 93.8 cm³/mol. The second-order valence-electron chi connectivity index (χ2n) is 5.73. The molecule has 2 aromatic rings. The van der Waals surface area contributed by atoms with Gasteiger partial charge < -0.3 is 10.1 Å². The van der Waals surface area contributed by atoms with Crippen LogP contribution in [0.2, 0.25) is 0 Å². The van der Waals surface area contributed by atoms with Gasteiger partial charge in [0.1, 0.15) is 11.6 Å². The molecule has 0 aliphatic heterocycles. The highest BCUT2D eigenvalue weighted by Crippen LogP contribution is 2.16. The maximum Gasteiger partial charge on any atom is 0.238 e. The monoisotopic (exact) mass is 330 g/mol. The molecule has 4 nitrogen and oxygen atoms in total. The SMILES string of the molecule is Cc1ccccc1OCCCN(C)CC(=O)Nc1ccccc1F. The van der Waals surface area contributed by atoms with Crippen molar-refractivity contribution in [3.8, 4) is 5.75 Å². The van der Waals surface area contributed by atoms with Crippen LogP contribution in [0.3, 0.4) is 0 Å². The van der Waals surface area contributed by atoms with Gasteiger partial charge in [0.2, 0.25) is 5.91 Å². The highest BCUT2D eigenvalue weighted by molar-refractivity contribution is 5.92. The van der Waals surface area contributed by atoms with Gasteiger partial charge >= 0.3 is 0 Å². The summed E-state index contributed by atoms with van der Waals surface area (Å²) in [4.78, 5) is 13.8. The lowest BCUT2D eigenvalue weighted by molar-refractivity contribution is -0.117. The molecule has 2 rings (SSSR count). The largest absolute Gasteiger partial charge is 0.493 e. The Bertz CT molecular complexity index is 676. The number of nitrogens with one attached hydrogen (secondary N) is 1. The Balaban J connectivity index is 1.68. The van der Waals surface area contributed by atoms with Crippen LogP contribution in [0.5, 0.6) is 5.75 Å². The molecule has 1 amide bonds. The molecule has 2 aromatic carbocycles. The fraction of sp³-hybridized carbons (Fsp3) is 0.316. The van der Waals surface area contributed by atoms with Gasteiger partial charge in [-0.1, -0.05) is 30.3 Å². The highest BCUT2D eigenvalue weighted by atomic mass is 19.1. The Morgan fingerprint density at radius 2 is 1.88 bits per heavy atom. The Labute approximate surface area is 142 Å². The third kappa shape index (κ3) is 5.66. The van der Waals surface area contributed by atoms with Gasteiger partial charge in [0.15, 0.2) is 0 Å². The summed E-state index contributed by atoms with van der Waals surface area (Å²) in [5.41, 5.74) is 1.31. The minimum Gasteiger partial charge on any atom is -0.493 e. The maximum atomic E-state index is 13.5. The molecule has 0 heterocycles. The van der Waals surface area contributed by atoms with E-state index in [0.29, 0.717) is 6.61 Å². The van der Waals surface area contributed by atoms with Crippen molar-refractivity contribution in [2.24, 2.45) is 0 Å². The number of hydrogen-bond acceptors (Lipinski definition) is 3. The molecular weight excluding hydrogens is 307 g/mol. The average Bonchev–Trinajstić information content (AvgIpc) is 2.55. The topological polar surface area (TPSA) is 41.6 Å². The Morgan fingerprint density at radius 1 is 1.17 bits per heavy atom.